The quantitative estimate of drug-likeness (QED) is 0.464. The lowest BCUT2D eigenvalue weighted by Crippen LogP contribution is -2.49. The summed E-state index contributed by atoms with van der Waals surface area (Å²) in [4.78, 5) is 12.1. The molecular weight excluding hydrogens is 392 g/mol. The topological polar surface area (TPSA) is 107 Å². The van der Waals surface area contributed by atoms with E-state index in [9.17, 15) is 13.2 Å². The largest absolute Gasteiger partial charge is 0.462 e. The van der Waals surface area contributed by atoms with Crippen molar-refractivity contribution in [1.82, 2.24) is 0 Å². The highest BCUT2D eigenvalue weighted by Crippen LogP contribution is 2.36. The number of esters is 1. The highest BCUT2D eigenvalue weighted by Gasteiger charge is 2.52. The first-order chi connectivity index (χ1) is 12.5. The summed E-state index contributed by atoms with van der Waals surface area (Å²) in [5, 5.41) is 0. The molecular formula is C18H32O9S. The predicted molar refractivity (Wildman–Crippen MR) is 98.9 cm³/mol. The average molecular weight is 425 g/mol. The van der Waals surface area contributed by atoms with E-state index >= 15 is 0 Å². The van der Waals surface area contributed by atoms with Crippen LogP contribution in [-0.2, 0) is 42.8 Å². The SMILES string of the molecule is CC1(C)OCC(C(OS(C)(=O)=O)C2OC(C)(C)OC2COC(=O)C(C)(C)C)O1. The van der Waals surface area contributed by atoms with Crippen molar-refractivity contribution in [2.45, 2.75) is 84.5 Å². The van der Waals surface area contributed by atoms with E-state index in [1.807, 2.05) is 0 Å². The summed E-state index contributed by atoms with van der Waals surface area (Å²) < 4.78 is 57.6. The van der Waals surface area contributed by atoms with Gasteiger partial charge in [0.15, 0.2) is 11.6 Å². The van der Waals surface area contributed by atoms with Gasteiger partial charge in [-0.25, -0.2) is 0 Å². The molecule has 0 bridgehead atoms. The average Bonchev–Trinajstić information content (AvgIpc) is 2.99. The third-order valence-corrected chi connectivity index (χ3v) is 4.79. The number of carbonyl (C=O) groups is 1. The van der Waals surface area contributed by atoms with Crippen LogP contribution in [0.3, 0.4) is 0 Å². The molecule has 2 aliphatic rings. The van der Waals surface area contributed by atoms with E-state index in [1.54, 1.807) is 48.5 Å². The van der Waals surface area contributed by atoms with Crippen LogP contribution < -0.4 is 0 Å². The molecule has 0 N–H and O–H groups in total. The lowest BCUT2D eigenvalue weighted by Gasteiger charge is -2.30. The molecule has 28 heavy (non-hydrogen) atoms. The minimum atomic E-state index is -3.83. The highest BCUT2D eigenvalue weighted by atomic mass is 32.2. The Kier molecular flexibility index (Phi) is 6.55. The zero-order valence-electron chi connectivity index (χ0n) is 17.8. The lowest BCUT2D eigenvalue weighted by molar-refractivity contribution is -0.175. The van der Waals surface area contributed by atoms with Crippen LogP contribution >= 0.6 is 0 Å². The molecule has 164 valence electrons. The Labute approximate surface area is 167 Å². The predicted octanol–water partition coefficient (Wildman–Crippen LogP) is 1.59. The summed E-state index contributed by atoms with van der Waals surface area (Å²) in [5.74, 6) is -2.30. The van der Waals surface area contributed by atoms with Crippen molar-refractivity contribution in [3.05, 3.63) is 0 Å². The van der Waals surface area contributed by atoms with E-state index in [4.69, 9.17) is 27.9 Å². The van der Waals surface area contributed by atoms with Gasteiger partial charge in [-0.3, -0.25) is 8.98 Å². The van der Waals surface area contributed by atoms with Crippen LogP contribution in [0.25, 0.3) is 0 Å². The van der Waals surface area contributed by atoms with Gasteiger partial charge in [0.05, 0.1) is 18.3 Å². The maximum absolute atomic E-state index is 12.1. The van der Waals surface area contributed by atoms with Gasteiger partial charge in [-0.2, -0.15) is 8.42 Å². The van der Waals surface area contributed by atoms with Gasteiger partial charge in [0, 0.05) is 0 Å². The van der Waals surface area contributed by atoms with Gasteiger partial charge < -0.3 is 23.7 Å². The summed E-state index contributed by atoms with van der Waals surface area (Å²) in [6.45, 7) is 12.1. The Morgan fingerprint density at radius 2 is 1.71 bits per heavy atom. The van der Waals surface area contributed by atoms with E-state index in [1.165, 1.54) is 0 Å². The molecule has 0 spiro atoms. The van der Waals surface area contributed by atoms with Gasteiger partial charge >= 0.3 is 5.97 Å². The maximum Gasteiger partial charge on any atom is 0.311 e. The minimum Gasteiger partial charge on any atom is -0.462 e. The molecule has 4 atom stereocenters. The van der Waals surface area contributed by atoms with Crippen molar-refractivity contribution in [2.75, 3.05) is 19.5 Å². The molecule has 0 amide bonds. The first-order valence-electron chi connectivity index (χ1n) is 9.22. The molecule has 2 fully saturated rings. The van der Waals surface area contributed by atoms with Crippen molar-refractivity contribution in [2.24, 2.45) is 5.41 Å². The molecule has 0 aromatic carbocycles. The molecule has 0 aliphatic carbocycles. The summed E-state index contributed by atoms with van der Waals surface area (Å²) >= 11 is 0. The lowest BCUT2D eigenvalue weighted by atomic mass is 9.97. The first kappa shape index (κ1) is 23.5. The Hall–Kier alpha value is -0.780. The summed E-state index contributed by atoms with van der Waals surface area (Å²) in [6.07, 6.45) is -2.36. The number of hydrogen-bond donors (Lipinski definition) is 0. The van der Waals surface area contributed by atoms with Crippen LogP contribution in [0.15, 0.2) is 0 Å². The number of carbonyl (C=O) groups excluding carboxylic acids is 1. The smallest absolute Gasteiger partial charge is 0.311 e. The van der Waals surface area contributed by atoms with Crippen molar-refractivity contribution >= 4 is 16.1 Å². The summed E-state index contributed by atoms with van der Waals surface area (Å²) in [6, 6.07) is 0. The van der Waals surface area contributed by atoms with E-state index < -0.39 is 57.5 Å². The Morgan fingerprint density at radius 1 is 1.11 bits per heavy atom. The second-order valence-electron chi connectivity index (χ2n) is 9.12. The molecule has 0 radical (unpaired) electrons. The molecule has 0 aromatic rings. The second kappa shape index (κ2) is 7.81. The molecule has 2 saturated heterocycles. The molecule has 2 rings (SSSR count). The first-order valence-corrected chi connectivity index (χ1v) is 11.0. The fourth-order valence-corrected chi connectivity index (χ4v) is 3.69. The Bertz CT molecular complexity index is 678. The van der Waals surface area contributed by atoms with Gasteiger partial charge in [-0.05, 0) is 48.5 Å². The van der Waals surface area contributed by atoms with Crippen LogP contribution in [0.1, 0.15) is 48.5 Å². The molecule has 0 saturated carbocycles. The standard InChI is InChI=1S/C18H32O9S/c1-16(2,3)15(19)22-9-11-13(26-18(6,7)25-11)14(27-28(8,20)21)12-10-23-17(4,5)24-12/h11-14H,9-10H2,1-8H3. The summed E-state index contributed by atoms with van der Waals surface area (Å²) in [5.41, 5.74) is -0.681. The fraction of sp³-hybridized carbons (Fsp3) is 0.944. The molecule has 9 nitrogen and oxygen atoms in total. The van der Waals surface area contributed by atoms with Crippen LogP contribution in [0, 0.1) is 5.41 Å². The number of ether oxygens (including phenoxy) is 5. The monoisotopic (exact) mass is 424 g/mol. The molecule has 10 heteroatoms. The van der Waals surface area contributed by atoms with Gasteiger partial charge in [0.2, 0.25) is 0 Å². The third kappa shape index (κ3) is 6.36. The van der Waals surface area contributed by atoms with Crippen LogP contribution in [0.4, 0.5) is 0 Å². The van der Waals surface area contributed by atoms with Crippen molar-refractivity contribution in [1.29, 1.82) is 0 Å². The zero-order chi connectivity index (χ0) is 21.5. The minimum absolute atomic E-state index is 0.106. The Morgan fingerprint density at radius 3 is 2.18 bits per heavy atom. The van der Waals surface area contributed by atoms with E-state index in [-0.39, 0.29) is 13.2 Å². The molecule has 0 aromatic heterocycles. The van der Waals surface area contributed by atoms with E-state index in [0.717, 1.165) is 6.26 Å². The summed E-state index contributed by atoms with van der Waals surface area (Å²) in [7, 11) is -3.83. The van der Waals surface area contributed by atoms with E-state index in [2.05, 4.69) is 0 Å². The van der Waals surface area contributed by atoms with E-state index in [0.29, 0.717) is 0 Å². The Balaban J connectivity index is 2.23. The van der Waals surface area contributed by atoms with Gasteiger partial charge in [-0.15, -0.1) is 0 Å². The van der Waals surface area contributed by atoms with Gasteiger partial charge in [0.1, 0.15) is 31.0 Å². The van der Waals surface area contributed by atoms with Crippen molar-refractivity contribution < 1.29 is 41.1 Å². The van der Waals surface area contributed by atoms with Crippen LogP contribution in [-0.4, -0.2) is 69.8 Å². The highest BCUT2D eigenvalue weighted by molar-refractivity contribution is 7.86. The van der Waals surface area contributed by atoms with Crippen molar-refractivity contribution in [3.63, 3.8) is 0 Å². The van der Waals surface area contributed by atoms with Crippen LogP contribution in [0.2, 0.25) is 0 Å². The van der Waals surface area contributed by atoms with Gasteiger partial charge in [0.25, 0.3) is 10.1 Å². The molecule has 4 unspecified atom stereocenters. The van der Waals surface area contributed by atoms with Crippen LogP contribution in [0.5, 0.6) is 0 Å². The number of hydrogen-bond acceptors (Lipinski definition) is 9. The molecule has 2 aliphatic heterocycles. The van der Waals surface area contributed by atoms with Gasteiger partial charge in [-0.1, -0.05) is 0 Å². The fourth-order valence-electron chi connectivity index (χ4n) is 3.05. The normalized spacial score (nSPS) is 30.9. The third-order valence-electron chi connectivity index (χ3n) is 4.22. The second-order valence-corrected chi connectivity index (χ2v) is 10.7. The zero-order valence-corrected chi connectivity index (χ0v) is 18.6. The maximum atomic E-state index is 12.1. The molecule has 2 heterocycles. The number of rotatable bonds is 6. The van der Waals surface area contributed by atoms with Crippen molar-refractivity contribution in [3.8, 4) is 0 Å².